The molecule has 6 heteroatoms. The topological polar surface area (TPSA) is 93.0 Å². The molecule has 23 heavy (non-hydrogen) atoms. The lowest BCUT2D eigenvalue weighted by Crippen LogP contribution is -2.44. The highest BCUT2D eigenvalue weighted by atomic mass is 16.3. The first-order chi connectivity index (χ1) is 11.1. The molecule has 0 saturated carbocycles. The van der Waals surface area contributed by atoms with E-state index < -0.39 is 24.3 Å². The summed E-state index contributed by atoms with van der Waals surface area (Å²) in [6, 6.07) is 9.05. The van der Waals surface area contributed by atoms with Crippen molar-refractivity contribution in [2.45, 2.75) is 43.6 Å². The number of aliphatic hydroxyl groups is 3. The molecule has 1 fully saturated rings. The number of hydrogen-bond acceptors (Lipinski definition) is 5. The summed E-state index contributed by atoms with van der Waals surface area (Å²) in [6.07, 6.45) is -0.262. The van der Waals surface area contributed by atoms with Crippen LogP contribution in [0.4, 0.5) is 0 Å². The Morgan fingerprint density at radius 1 is 1.17 bits per heavy atom. The van der Waals surface area contributed by atoms with E-state index in [0.29, 0.717) is 6.54 Å². The Morgan fingerprint density at radius 2 is 1.83 bits per heavy atom. The molecule has 4 N–H and O–H groups in total. The Hall–Kier alpha value is -1.47. The Balaban J connectivity index is 2.00. The first-order valence-corrected chi connectivity index (χ1v) is 8.05. The van der Waals surface area contributed by atoms with E-state index in [-0.39, 0.29) is 18.9 Å². The maximum Gasteiger partial charge on any atom is 0.221 e. The third-order valence-electron chi connectivity index (χ3n) is 4.58. The first-order valence-electron chi connectivity index (χ1n) is 8.05. The van der Waals surface area contributed by atoms with E-state index in [1.54, 1.807) is 7.05 Å². The van der Waals surface area contributed by atoms with Gasteiger partial charge in [-0.25, -0.2) is 0 Å². The van der Waals surface area contributed by atoms with Crippen LogP contribution in [0.2, 0.25) is 0 Å². The molecule has 0 radical (unpaired) electrons. The molecule has 2 rings (SSSR count). The van der Waals surface area contributed by atoms with Crippen LogP contribution in [0.15, 0.2) is 30.3 Å². The zero-order chi connectivity index (χ0) is 16.8. The molecule has 1 aliphatic rings. The van der Waals surface area contributed by atoms with Gasteiger partial charge in [0.2, 0.25) is 5.91 Å². The average molecular weight is 322 g/mol. The lowest BCUT2D eigenvalue weighted by Gasteiger charge is -2.29. The van der Waals surface area contributed by atoms with Crippen molar-refractivity contribution >= 4 is 5.91 Å². The van der Waals surface area contributed by atoms with E-state index >= 15 is 0 Å². The van der Waals surface area contributed by atoms with Crippen LogP contribution in [0.25, 0.3) is 0 Å². The Labute approximate surface area is 136 Å². The molecule has 1 aromatic carbocycles. The fourth-order valence-corrected chi connectivity index (χ4v) is 3.28. The van der Waals surface area contributed by atoms with E-state index in [9.17, 15) is 20.1 Å². The molecular weight excluding hydrogens is 296 g/mol. The SMILES string of the molecule is CNC(=O)C[C@@H]1[C@@H](O)[C@H](O)[C@H](CO)N1CCCc1ccccc1. The van der Waals surface area contributed by atoms with Crippen LogP contribution in [0, 0.1) is 0 Å². The number of amides is 1. The number of nitrogens with zero attached hydrogens (tertiary/aromatic N) is 1. The lowest BCUT2D eigenvalue weighted by atomic mass is 10.1. The third kappa shape index (κ3) is 4.29. The molecule has 0 spiro atoms. The van der Waals surface area contributed by atoms with E-state index in [4.69, 9.17) is 0 Å². The number of aryl methyl sites for hydroxylation is 1. The number of rotatable bonds is 7. The van der Waals surface area contributed by atoms with Crippen molar-refractivity contribution in [3.63, 3.8) is 0 Å². The molecule has 128 valence electrons. The van der Waals surface area contributed by atoms with Crippen molar-refractivity contribution in [3.8, 4) is 0 Å². The standard InChI is InChI=1S/C17H26N2O4/c1-18-15(21)10-13-16(22)17(23)14(11-20)19(13)9-5-8-12-6-3-2-4-7-12/h2-4,6-7,13-14,16-17,20,22-23H,5,8-11H2,1H3,(H,18,21)/t13-,14+,16-,17-/m1/s1. The first kappa shape index (κ1) is 17.9. The minimum atomic E-state index is -1.04. The van der Waals surface area contributed by atoms with Crippen LogP contribution < -0.4 is 5.32 Å². The van der Waals surface area contributed by atoms with Crippen molar-refractivity contribution < 1.29 is 20.1 Å². The second-order valence-electron chi connectivity index (χ2n) is 6.00. The molecular formula is C17H26N2O4. The zero-order valence-corrected chi connectivity index (χ0v) is 13.4. The predicted molar refractivity (Wildman–Crippen MR) is 86.8 cm³/mol. The molecule has 6 nitrogen and oxygen atoms in total. The molecule has 0 aromatic heterocycles. The summed E-state index contributed by atoms with van der Waals surface area (Å²) in [6.45, 7) is 0.365. The van der Waals surface area contributed by atoms with Gasteiger partial charge in [-0.3, -0.25) is 9.69 Å². The monoisotopic (exact) mass is 322 g/mol. The van der Waals surface area contributed by atoms with Crippen molar-refractivity contribution in [3.05, 3.63) is 35.9 Å². The highest BCUT2D eigenvalue weighted by Crippen LogP contribution is 2.27. The summed E-state index contributed by atoms with van der Waals surface area (Å²) in [5.74, 6) is -0.187. The van der Waals surface area contributed by atoms with Gasteiger partial charge in [-0.15, -0.1) is 0 Å². The van der Waals surface area contributed by atoms with Gasteiger partial charge in [-0.2, -0.15) is 0 Å². The quantitative estimate of drug-likeness (QED) is 0.544. The number of carbonyl (C=O) groups excluding carboxylic acids is 1. The number of aliphatic hydroxyl groups excluding tert-OH is 3. The Kier molecular flexibility index (Phi) is 6.53. The third-order valence-corrected chi connectivity index (χ3v) is 4.58. The van der Waals surface area contributed by atoms with Crippen molar-refractivity contribution in [2.75, 3.05) is 20.2 Å². The largest absolute Gasteiger partial charge is 0.395 e. The Bertz CT molecular complexity index is 497. The van der Waals surface area contributed by atoms with Crippen LogP contribution in [-0.2, 0) is 11.2 Å². The molecule has 0 bridgehead atoms. The van der Waals surface area contributed by atoms with Gasteiger partial charge >= 0.3 is 0 Å². The van der Waals surface area contributed by atoms with E-state index in [1.807, 2.05) is 23.1 Å². The minimum absolute atomic E-state index is 0.108. The summed E-state index contributed by atoms with van der Waals surface area (Å²) in [4.78, 5) is 13.5. The van der Waals surface area contributed by atoms with Crippen LogP contribution in [0.5, 0.6) is 0 Å². The van der Waals surface area contributed by atoms with Crippen LogP contribution in [0.1, 0.15) is 18.4 Å². The van der Waals surface area contributed by atoms with Crippen LogP contribution >= 0.6 is 0 Å². The number of nitrogens with one attached hydrogen (secondary N) is 1. The molecule has 1 heterocycles. The molecule has 1 aliphatic heterocycles. The van der Waals surface area contributed by atoms with Gasteiger partial charge in [0.1, 0.15) is 0 Å². The molecule has 0 aliphatic carbocycles. The summed E-state index contributed by atoms with van der Waals surface area (Å²) in [5.41, 5.74) is 1.22. The summed E-state index contributed by atoms with van der Waals surface area (Å²) in [7, 11) is 1.55. The molecule has 1 saturated heterocycles. The number of carbonyl (C=O) groups is 1. The zero-order valence-electron chi connectivity index (χ0n) is 13.4. The van der Waals surface area contributed by atoms with Gasteiger partial charge in [-0.05, 0) is 24.9 Å². The van der Waals surface area contributed by atoms with Crippen molar-refractivity contribution in [1.29, 1.82) is 0 Å². The van der Waals surface area contributed by atoms with E-state index in [1.165, 1.54) is 5.56 Å². The normalized spacial score (nSPS) is 28.0. The second kappa shape index (κ2) is 8.40. The number of hydrogen-bond donors (Lipinski definition) is 4. The van der Waals surface area contributed by atoms with Crippen LogP contribution in [0.3, 0.4) is 0 Å². The highest BCUT2D eigenvalue weighted by molar-refractivity contribution is 5.76. The van der Waals surface area contributed by atoms with Gasteiger partial charge in [0.05, 0.1) is 24.9 Å². The van der Waals surface area contributed by atoms with Crippen molar-refractivity contribution in [2.24, 2.45) is 0 Å². The average Bonchev–Trinajstić information content (AvgIpc) is 2.80. The fraction of sp³-hybridized carbons (Fsp3) is 0.588. The molecule has 4 atom stereocenters. The minimum Gasteiger partial charge on any atom is -0.395 e. The smallest absolute Gasteiger partial charge is 0.221 e. The van der Waals surface area contributed by atoms with Gasteiger partial charge < -0.3 is 20.6 Å². The van der Waals surface area contributed by atoms with Crippen LogP contribution in [-0.4, -0.2) is 70.6 Å². The summed E-state index contributed by atoms with van der Waals surface area (Å²) < 4.78 is 0. The van der Waals surface area contributed by atoms with Gasteiger partial charge in [0, 0.05) is 19.5 Å². The predicted octanol–water partition coefficient (Wildman–Crippen LogP) is -0.478. The second-order valence-corrected chi connectivity index (χ2v) is 6.00. The lowest BCUT2D eigenvalue weighted by molar-refractivity contribution is -0.122. The van der Waals surface area contributed by atoms with E-state index in [0.717, 1.165) is 12.8 Å². The number of likely N-dealkylation sites (tertiary alicyclic amines) is 1. The number of benzene rings is 1. The van der Waals surface area contributed by atoms with Gasteiger partial charge in [0.15, 0.2) is 0 Å². The fourth-order valence-electron chi connectivity index (χ4n) is 3.28. The Morgan fingerprint density at radius 3 is 2.43 bits per heavy atom. The molecule has 0 unspecified atom stereocenters. The molecule has 1 aromatic rings. The van der Waals surface area contributed by atoms with Gasteiger partial charge in [0.25, 0.3) is 0 Å². The summed E-state index contributed by atoms with van der Waals surface area (Å²) >= 11 is 0. The maximum atomic E-state index is 11.7. The molecule has 1 amide bonds. The maximum absolute atomic E-state index is 11.7. The van der Waals surface area contributed by atoms with E-state index in [2.05, 4.69) is 17.4 Å². The summed E-state index contributed by atoms with van der Waals surface area (Å²) in [5, 5.41) is 32.4. The highest BCUT2D eigenvalue weighted by Gasteiger charge is 2.47. The van der Waals surface area contributed by atoms with Crippen molar-refractivity contribution in [1.82, 2.24) is 10.2 Å². The van der Waals surface area contributed by atoms with Gasteiger partial charge in [-0.1, -0.05) is 30.3 Å².